The first-order chi connectivity index (χ1) is 8.50. The molecule has 0 heterocycles. The second kappa shape index (κ2) is 5.22. The van der Waals surface area contributed by atoms with Crippen molar-refractivity contribution >= 4 is 16.8 Å². The van der Waals surface area contributed by atoms with Crippen LogP contribution >= 0.6 is 0 Å². The van der Waals surface area contributed by atoms with Gasteiger partial charge >= 0.3 is 5.97 Å². The largest absolute Gasteiger partial charge is 0.480 e. The molecule has 0 aliphatic heterocycles. The minimum atomic E-state index is -1.47. The molecular weight excluding hydrogens is 248 g/mol. The van der Waals surface area contributed by atoms with Gasteiger partial charge in [-0.3, -0.25) is 9.00 Å². The monoisotopic (exact) mass is 266 g/mol. The van der Waals surface area contributed by atoms with Crippen LogP contribution in [0.2, 0.25) is 0 Å². The lowest BCUT2D eigenvalue weighted by molar-refractivity contribution is -0.137. The average molecular weight is 266 g/mol. The number of carboxylic acids is 1. The minimum absolute atomic E-state index is 0.142. The van der Waals surface area contributed by atoms with Gasteiger partial charge in [-0.2, -0.15) is 0 Å². The molecule has 0 radical (unpaired) electrons. The third-order valence-electron chi connectivity index (χ3n) is 3.38. The predicted molar refractivity (Wildman–Crippen MR) is 71.1 cm³/mol. The van der Waals surface area contributed by atoms with E-state index in [1.807, 2.05) is 18.2 Å². The lowest BCUT2D eigenvalue weighted by Gasteiger charge is -2.16. The van der Waals surface area contributed by atoms with Crippen molar-refractivity contribution in [3.63, 3.8) is 0 Å². The normalized spacial score (nSPS) is 17.5. The second-order valence-corrected chi connectivity index (χ2v) is 6.66. The molecule has 2 rings (SSSR count). The first-order valence-corrected chi connectivity index (χ1v) is 7.47. The highest BCUT2D eigenvalue weighted by atomic mass is 32.2. The summed E-state index contributed by atoms with van der Waals surface area (Å²) < 4.78 is 12.4. The second-order valence-electron chi connectivity index (χ2n) is 5.08. The van der Waals surface area contributed by atoms with Gasteiger partial charge in [-0.25, -0.2) is 0 Å². The Balaban J connectivity index is 2.30. The molecule has 1 N–H and O–H groups in total. The molecule has 1 aliphatic carbocycles. The van der Waals surface area contributed by atoms with Crippen molar-refractivity contribution in [1.82, 2.24) is 0 Å². The maximum atomic E-state index is 12.4. The summed E-state index contributed by atoms with van der Waals surface area (Å²) in [7, 11) is -1.47. The Morgan fingerprint density at radius 3 is 2.56 bits per heavy atom. The van der Waals surface area contributed by atoms with Crippen LogP contribution in [0.4, 0.5) is 0 Å². The molecule has 2 unspecified atom stereocenters. The summed E-state index contributed by atoms with van der Waals surface area (Å²) in [4.78, 5) is 11.8. The lowest BCUT2D eigenvalue weighted by Crippen LogP contribution is -2.31. The molecule has 98 valence electrons. The van der Waals surface area contributed by atoms with Crippen LogP contribution in [0.3, 0.4) is 0 Å². The highest BCUT2D eigenvalue weighted by Gasteiger charge is 2.29. The Hall–Kier alpha value is -1.16. The first-order valence-electron chi connectivity index (χ1n) is 6.26. The zero-order valence-electron chi connectivity index (χ0n) is 10.7. The van der Waals surface area contributed by atoms with E-state index in [1.165, 1.54) is 11.1 Å². The zero-order chi connectivity index (χ0) is 13.3. The summed E-state index contributed by atoms with van der Waals surface area (Å²) in [5.41, 5.74) is 2.54. The summed E-state index contributed by atoms with van der Waals surface area (Å²) in [6.45, 7) is 3.59. The number of aryl methyl sites for hydroxylation is 2. The molecule has 3 nitrogen and oxygen atoms in total. The van der Waals surface area contributed by atoms with Gasteiger partial charge in [-0.1, -0.05) is 19.9 Å². The van der Waals surface area contributed by atoms with Gasteiger partial charge in [0.15, 0.2) is 0 Å². The van der Waals surface area contributed by atoms with Crippen molar-refractivity contribution in [1.29, 1.82) is 0 Å². The molecule has 0 saturated carbocycles. The Labute approximate surface area is 110 Å². The third kappa shape index (κ3) is 2.48. The summed E-state index contributed by atoms with van der Waals surface area (Å²) in [6, 6.07) is 5.74. The van der Waals surface area contributed by atoms with Crippen LogP contribution in [0.25, 0.3) is 0 Å². The quantitative estimate of drug-likeness (QED) is 0.910. The lowest BCUT2D eigenvalue weighted by atomic mass is 10.1. The predicted octanol–water partition coefficient (Wildman–Crippen LogP) is 2.39. The van der Waals surface area contributed by atoms with Gasteiger partial charge in [0.1, 0.15) is 5.25 Å². The fourth-order valence-electron chi connectivity index (χ4n) is 2.44. The van der Waals surface area contributed by atoms with Crippen LogP contribution in [0, 0.1) is 5.92 Å². The van der Waals surface area contributed by atoms with Crippen LogP contribution in [-0.4, -0.2) is 20.5 Å². The average Bonchev–Trinajstić information content (AvgIpc) is 2.74. The molecule has 0 saturated heterocycles. The fourth-order valence-corrected chi connectivity index (χ4v) is 3.88. The van der Waals surface area contributed by atoms with Gasteiger partial charge in [-0.05, 0) is 48.4 Å². The Morgan fingerprint density at radius 2 is 1.94 bits per heavy atom. The van der Waals surface area contributed by atoms with E-state index in [9.17, 15) is 14.1 Å². The summed E-state index contributed by atoms with van der Waals surface area (Å²) in [5, 5.41) is 8.35. The van der Waals surface area contributed by atoms with Gasteiger partial charge in [-0.15, -0.1) is 0 Å². The number of benzene rings is 1. The van der Waals surface area contributed by atoms with Crippen molar-refractivity contribution in [3.05, 3.63) is 29.3 Å². The van der Waals surface area contributed by atoms with E-state index in [-0.39, 0.29) is 5.92 Å². The van der Waals surface area contributed by atoms with E-state index in [1.54, 1.807) is 13.8 Å². The summed E-state index contributed by atoms with van der Waals surface area (Å²) >= 11 is 0. The number of carboxylic acid groups (broad SMARTS) is 1. The van der Waals surface area contributed by atoms with Crippen molar-refractivity contribution in [2.24, 2.45) is 5.92 Å². The van der Waals surface area contributed by atoms with Crippen LogP contribution in [0.15, 0.2) is 23.1 Å². The van der Waals surface area contributed by atoms with Crippen molar-refractivity contribution in [3.8, 4) is 0 Å². The van der Waals surface area contributed by atoms with Crippen molar-refractivity contribution < 1.29 is 14.1 Å². The topological polar surface area (TPSA) is 54.4 Å². The Kier molecular flexibility index (Phi) is 3.85. The highest BCUT2D eigenvalue weighted by Crippen LogP contribution is 2.26. The summed E-state index contributed by atoms with van der Waals surface area (Å²) in [6.07, 6.45) is 3.23. The van der Waals surface area contributed by atoms with E-state index >= 15 is 0 Å². The van der Waals surface area contributed by atoms with Crippen molar-refractivity contribution in [2.45, 2.75) is 43.3 Å². The van der Waals surface area contributed by atoms with E-state index in [4.69, 9.17) is 0 Å². The van der Waals surface area contributed by atoms with Crippen LogP contribution in [0.5, 0.6) is 0 Å². The van der Waals surface area contributed by atoms with Crippen LogP contribution in [0.1, 0.15) is 31.4 Å². The van der Waals surface area contributed by atoms with E-state index in [0.717, 1.165) is 19.3 Å². The molecule has 0 spiro atoms. The van der Waals surface area contributed by atoms with Crippen LogP contribution in [-0.2, 0) is 28.4 Å². The first kappa shape index (κ1) is 13.3. The number of carbonyl (C=O) groups is 1. The van der Waals surface area contributed by atoms with E-state index in [0.29, 0.717) is 4.90 Å². The number of aliphatic carboxylic acids is 1. The summed E-state index contributed by atoms with van der Waals surface area (Å²) in [5.74, 6) is -1.12. The Morgan fingerprint density at radius 1 is 1.28 bits per heavy atom. The SMILES string of the molecule is CC(C)C(C(=O)O)S(=O)c1ccc2c(c1)CCC2. The van der Waals surface area contributed by atoms with Gasteiger partial charge < -0.3 is 5.11 Å². The van der Waals surface area contributed by atoms with E-state index < -0.39 is 22.0 Å². The molecule has 0 bridgehead atoms. The number of hydrogen-bond acceptors (Lipinski definition) is 2. The molecule has 18 heavy (non-hydrogen) atoms. The van der Waals surface area contributed by atoms with Gasteiger partial charge in [0, 0.05) is 4.90 Å². The van der Waals surface area contributed by atoms with Gasteiger partial charge in [0.2, 0.25) is 0 Å². The Bertz CT molecular complexity index is 494. The fraction of sp³-hybridized carbons (Fsp3) is 0.500. The molecule has 0 amide bonds. The molecule has 1 aliphatic rings. The molecule has 0 fully saturated rings. The minimum Gasteiger partial charge on any atom is -0.480 e. The molecule has 4 heteroatoms. The van der Waals surface area contributed by atoms with E-state index in [2.05, 4.69) is 0 Å². The molecule has 1 aromatic carbocycles. The number of hydrogen-bond donors (Lipinski definition) is 1. The smallest absolute Gasteiger partial charge is 0.319 e. The third-order valence-corrected chi connectivity index (χ3v) is 5.31. The number of rotatable bonds is 4. The molecule has 1 aromatic rings. The zero-order valence-corrected chi connectivity index (χ0v) is 11.5. The van der Waals surface area contributed by atoms with Gasteiger partial charge in [0.05, 0.1) is 10.8 Å². The standard InChI is InChI=1S/C14H18O3S/c1-9(2)13(14(15)16)18(17)12-7-6-10-4-3-5-11(10)8-12/h6-9,13H,3-5H2,1-2H3,(H,15,16). The maximum Gasteiger partial charge on any atom is 0.319 e. The van der Waals surface area contributed by atoms with Gasteiger partial charge in [0.25, 0.3) is 0 Å². The van der Waals surface area contributed by atoms with Crippen LogP contribution < -0.4 is 0 Å². The highest BCUT2D eigenvalue weighted by molar-refractivity contribution is 7.86. The molecule has 0 aromatic heterocycles. The maximum absolute atomic E-state index is 12.4. The molecular formula is C14H18O3S. The van der Waals surface area contributed by atoms with Crippen molar-refractivity contribution in [2.75, 3.05) is 0 Å². The number of fused-ring (bicyclic) bond motifs is 1. The molecule has 2 atom stereocenters.